The molecule has 2 aromatic carbocycles. The molecular weight excluding hydrogens is 402 g/mol. The van der Waals surface area contributed by atoms with Crippen LogP contribution in [0.3, 0.4) is 0 Å². The molecular formula is C22H26ClN5O2. The first-order valence-electron chi connectivity index (χ1n) is 9.86. The number of likely N-dealkylation sites (tertiary alicyclic amines) is 1. The molecule has 3 atom stereocenters. The summed E-state index contributed by atoms with van der Waals surface area (Å²) in [5, 5.41) is 10.5. The molecule has 1 saturated heterocycles. The summed E-state index contributed by atoms with van der Waals surface area (Å²) < 4.78 is 0. The van der Waals surface area contributed by atoms with Crippen molar-refractivity contribution in [3.63, 3.8) is 0 Å². The summed E-state index contributed by atoms with van der Waals surface area (Å²) in [4.78, 5) is 27.5. The summed E-state index contributed by atoms with van der Waals surface area (Å²) in [7, 11) is 0. The van der Waals surface area contributed by atoms with E-state index in [1.54, 1.807) is 6.92 Å². The maximum atomic E-state index is 13.0. The summed E-state index contributed by atoms with van der Waals surface area (Å²) in [6, 6.07) is 16.9. The van der Waals surface area contributed by atoms with Crippen molar-refractivity contribution in [2.75, 3.05) is 19.6 Å². The van der Waals surface area contributed by atoms with Crippen LogP contribution in [0.5, 0.6) is 0 Å². The average Bonchev–Trinajstić information content (AvgIpc) is 3.38. The molecule has 8 heteroatoms. The van der Waals surface area contributed by atoms with Crippen molar-refractivity contribution >= 4 is 35.1 Å². The molecule has 1 unspecified atom stereocenters. The Hall–Kier alpha value is -2.90. The fourth-order valence-electron chi connectivity index (χ4n) is 4.11. The van der Waals surface area contributed by atoms with Gasteiger partial charge in [-0.25, -0.2) is 0 Å². The zero-order valence-electron chi connectivity index (χ0n) is 16.7. The Bertz CT molecular complexity index is 1020. The number of benzene rings is 2. The lowest BCUT2D eigenvalue weighted by Crippen LogP contribution is -2.46. The minimum absolute atomic E-state index is 0. The van der Waals surface area contributed by atoms with E-state index in [2.05, 4.69) is 27.6 Å². The number of carbonyl (C=O) groups excluding carboxylic acids is 2. The number of nitrogens with two attached hydrogens (primary N) is 1. The predicted molar refractivity (Wildman–Crippen MR) is 119 cm³/mol. The molecule has 30 heavy (non-hydrogen) atoms. The number of carbonyl (C=O) groups is 2. The van der Waals surface area contributed by atoms with E-state index in [9.17, 15) is 9.59 Å². The normalized spacial score (nSPS) is 19.3. The summed E-state index contributed by atoms with van der Waals surface area (Å²) in [5.74, 6) is -0.0459. The SMILES string of the molecule is CC(NC(=O)c1n[nH]c2ccccc12)C(=O)N1C[C@@H](CN)[C@H](c2ccccc2)C1.Cl. The Labute approximate surface area is 181 Å². The van der Waals surface area contributed by atoms with Crippen LogP contribution < -0.4 is 11.1 Å². The summed E-state index contributed by atoms with van der Waals surface area (Å²) in [6.45, 7) is 3.43. The number of aromatic amines is 1. The van der Waals surface area contributed by atoms with E-state index in [1.807, 2.05) is 47.4 Å². The molecule has 1 aromatic heterocycles. The Morgan fingerprint density at radius 3 is 2.60 bits per heavy atom. The van der Waals surface area contributed by atoms with E-state index in [0.29, 0.717) is 25.3 Å². The molecule has 0 spiro atoms. The number of fused-ring (bicyclic) bond motifs is 1. The Balaban J connectivity index is 0.00000256. The van der Waals surface area contributed by atoms with Gasteiger partial charge < -0.3 is 16.0 Å². The maximum Gasteiger partial charge on any atom is 0.273 e. The smallest absolute Gasteiger partial charge is 0.273 e. The van der Waals surface area contributed by atoms with Gasteiger partial charge >= 0.3 is 0 Å². The second-order valence-corrected chi connectivity index (χ2v) is 7.57. The first kappa shape index (κ1) is 21.8. The van der Waals surface area contributed by atoms with Crippen molar-refractivity contribution in [3.8, 4) is 0 Å². The quantitative estimate of drug-likeness (QED) is 0.581. The number of nitrogens with zero attached hydrogens (tertiary/aromatic N) is 2. The van der Waals surface area contributed by atoms with Crippen molar-refractivity contribution in [3.05, 3.63) is 65.9 Å². The van der Waals surface area contributed by atoms with E-state index in [0.717, 1.165) is 10.9 Å². The number of para-hydroxylation sites is 1. The Kier molecular flexibility index (Phi) is 6.74. The average molecular weight is 428 g/mol. The Morgan fingerprint density at radius 2 is 1.87 bits per heavy atom. The number of H-pyrrole nitrogens is 1. The van der Waals surface area contributed by atoms with Crippen LogP contribution in [0.1, 0.15) is 28.9 Å². The second kappa shape index (κ2) is 9.28. The molecule has 1 aliphatic rings. The fourth-order valence-corrected chi connectivity index (χ4v) is 4.11. The van der Waals surface area contributed by atoms with Crippen molar-refractivity contribution in [1.82, 2.24) is 20.4 Å². The van der Waals surface area contributed by atoms with Gasteiger partial charge in [0.15, 0.2) is 5.69 Å². The highest BCUT2D eigenvalue weighted by atomic mass is 35.5. The maximum absolute atomic E-state index is 13.0. The van der Waals surface area contributed by atoms with Gasteiger partial charge in [0.05, 0.1) is 5.52 Å². The van der Waals surface area contributed by atoms with E-state index in [4.69, 9.17) is 5.73 Å². The van der Waals surface area contributed by atoms with Crippen molar-refractivity contribution in [2.24, 2.45) is 11.7 Å². The summed E-state index contributed by atoms with van der Waals surface area (Å²) in [5.41, 5.74) is 8.25. The molecule has 4 N–H and O–H groups in total. The Morgan fingerprint density at radius 1 is 1.17 bits per heavy atom. The zero-order chi connectivity index (χ0) is 20.4. The van der Waals surface area contributed by atoms with E-state index < -0.39 is 6.04 Å². The zero-order valence-corrected chi connectivity index (χ0v) is 17.6. The van der Waals surface area contributed by atoms with Crippen LogP contribution in [-0.2, 0) is 4.79 Å². The molecule has 0 radical (unpaired) electrons. The van der Waals surface area contributed by atoms with Gasteiger partial charge in [0.1, 0.15) is 6.04 Å². The van der Waals surface area contributed by atoms with Gasteiger partial charge in [-0.2, -0.15) is 5.10 Å². The molecule has 2 amide bonds. The molecule has 1 fully saturated rings. The van der Waals surface area contributed by atoms with Crippen molar-refractivity contribution in [2.45, 2.75) is 18.9 Å². The molecule has 3 aromatic rings. The topological polar surface area (TPSA) is 104 Å². The monoisotopic (exact) mass is 427 g/mol. The predicted octanol–water partition coefficient (Wildman–Crippen LogP) is 2.30. The number of halogens is 1. The standard InChI is InChI=1S/C22H25N5O2.ClH/c1-14(24-21(28)20-17-9-5-6-10-19(17)25-26-20)22(29)27-12-16(11-23)18(13-27)15-7-3-2-4-8-15;/h2-10,14,16,18H,11-13,23H2,1H3,(H,24,28)(H,25,26);1H/t14?,16-,18+;/m1./s1. The van der Waals surface area contributed by atoms with Crippen LogP contribution >= 0.6 is 12.4 Å². The van der Waals surface area contributed by atoms with Crippen LogP contribution in [0.4, 0.5) is 0 Å². The van der Waals surface area contributed by atoms with Crippen LogP contribution in [0.2, 0.25) is 0 Å². The van der Waals surface area contributed by atoms with Gasteiger partial charge in [0.25, 0.3) is 5.91 Å². The first-order chi connectivity index (χ1) is 14.1. The van der Waals surface area contributed by atoms with Crippen LogP contribution in [0.15, 0.2) is 54.6 Å². The molecule has 1 aliphatic heterocycles. The van der Waals surface area contributed by atoms with E-state index in [-0.39, 0.29) is 36.1 Å². The highest BCUT2D eigenvalue weighted by molar-refractivity contribution is 6.05. The van der Waals surface area contributed by atoms with Gasteiger partial charge in [-0.05, 0) is 31.0 Å². The lowest BCUT2D eigenvalue weighted by atomic mass is 9.89. The lowest BCUT2D eigenvalue weighted by molar-refractivity contribution is -0.131. The van der Waals surface area contributed by atoms with Crippen LogP contribution in [-0.4, -0.2) is 52.6 Å². The number of rotatable bonds is 5. The molecule has 0 bridgehead atoms. The number of aromatic nitrogens is 2. The van der Waals surface area contributed by atoms with Crippen molar-refractivity contribution < 1.29 is 9.59 Å². The van der Waals surface area contributed by atoms with E-state index >= 15 is 0 Å². The van der Waals surface area contributed by atoms with E-state index in [1.165, 1.54) is 5.56 Å². The van der Waals surface area contributed by atoms with Crippen LogP contribution in [0.25, 0.3) is 10.9 Å². The molecule has 158 valence electrons. The number of nitrogens with one attached hydrogen (secondary N) is 2. The van der Waals surface area contributed by atoms with Crippen LogP contribution in [0, 0.1) is 5.92 Å². The second-order valence-electron chi connectivity index (χ2n) is 7.57. The first-order valence-corrected chi connectivity index (χ1v) is 9.86. The largest absolute Gasteiger partial charge is 0.340 e. The summed E-state index contributed by atoms with van der Waals surface area (Å²) >= 11 is 0. The molecule has 0 aliphatic carbocycles. The minimum Gasteiger partial charge on any atom is -0.340 e. The van der Waals surface area contributed by atoms with Gasteiger partial charge in [0, 0.05) is 24.4 Å². The van der Waals surface area contributed by atoms with Gasteiger partial charge in [-0.15, -0.1) is 12.4 Å². The van der Waals surface area contributed by atoms with Gasteiger partial charge in [0.2, 0.25) is 5.91 Å². The number of hydrogen-bond donors (Lipinski definition) is 3. The van der Waals surface area contributed by atoms with Gasteiger partial charge in [-0.3, -0.25) is 14.7 Å². The van der Waals surface area contributed by atoms with Crippen molar-refractivity contribution in [1.29, 1.82) is 0 Å². The number of amides is 2. The highest BCUT2D eigenvalue weighted by Gasteiger charge is 2.37. The van der Waals surface area contributed by atoms with Gasteiger partial charge in [-0.1, -0.05) is 48.5 Å². The number of hydrogen-bond acceptors (Lipinski definition) is 4. The molecule has 0 saturated carbocycles. The molecule has 2 heterocycles. The third kappa shape index (κ3) is 4.17. The summed E-state index contributed by atoms with van der Waals surface area (Å²) in [6.07, 6.45) is 0. The third-order valence-electron chi connectivity index (χ3n) is 5.69. The fraction of sp³-hybridized carbons (Fsp3) is 0.318. The third-order valence-corrected chi connectivity index (χ3v) is 5.69. The molecule has 4 rings (SSSR count). The highest BCUT2D eigenvalue weighted by Crippen LogP contribution is 2.32. The lowest BCUT2D eigenvalue weighted by Gasteiger charge is -2.21. The molecule has 7 nitrogen and oxygen atoms in total. The minimum atomic E-state index is -0.647.